The van der Waals surface area contributed by atoms with Crippen LogP contribution in [0.2, 0.25) is 0 Å². The second-order valence-corrected chi connectivity index (χ2v) is 8.59. The zero-order valence-corrected chi connectivity index (χ0v) is 19.4. The Morgan fingerprint density at radius 1 is 1.06 bits per heavy atom. The van der Waals surface area contributed by atoms with Gasteiger partial charge in [-0.05, 0) is 55.0 Å². The van der Waals surface area contributed by atoms with Crippen molar-refractivity contribution in [1.82, 2.24) is 0 Å². The van der Waals surface area contributed by atoms with Crippen molar-refractivity contribution in [3.05, 3.63) is 35.4 Å². The number of hydrogen-bond donors (Lipinski definition) is 0. The Morgan fingerprint density at radius 3 is 2.39 bits per heavy atom. The molecular formula is C22H32O8S. The van der Waals surface area contributed by atoms with E-state index in [1.807, 2.05) is 13.0 Å². The maximum atomic E-state index is 11.8. The number of esters is 2. The molecule has 174 valence electrons. The summed E-state index contributed by atoms with van der Waals surface area (Å²) in [4.78, 5) is 23.3. The fourth-order valence-corrected chi connectivity index (χ4v) is 3.25. The van der Waals surface area contributed by atoms with Crippen molar-refractivity contribution in [3.63, 3.8) is 0 Å². The van der Waals surface area contributed by atoms with Gasteiger partial charge < -0.3 is 14.2 Å². The molecule has 0 fully saturated rings. The standard InChI is InChI=1S/C22H32O8S/c1-5-20(22(24)28-3)30-19-13-11-17(18(16-19)12-14-21(23)27-2)10-8-6-7-9-15-29-31(4,25)26/h11-14,16,20H,5-10,15H2,1-4H3. The molecule has 1 unspecified atom stereocenters. The van der Waals surface area contributed by atoms with E-state index in [1.54, 1.807) is 18.2 Å². The van der Waals surface area contributed by atoms with E-state index in [0.29, 0.717) is 18.6 Å². The van der Waals surface area contributed by atoms with Gasteiger partial charge in [0.2, 0.25) is 0 Å². The molecular weight excluding hydrogens is 424 g/mol. The second-order valence-electron chi connectivity index (χ2n) is 6.95. The number of carbonyl (C=O) groups excluding carboxylic acids is 2. The fourth-order valence-electron chi connectivity index (χ4n) is 2.83. The molecule has 0 saturated carbocycles. The summed E-state index contributed by atoms with van der Waals surface area (Å²) in [7, 11) is -0.766. The van der Waals surface area contributed by atoms with Crippen molar-refractivity contribution < 1.29 is 36.4 Å². The van der Waals surface area contributed by atoms with Gasteiger partial charge in [0.1, 0.15) is 5.75 Å². The molecule has 0 heterocycles. The van der Waals surface area contributed by atoms with Crippen molar-refractivity contribution in [1.29, 1.82) is 0 Å². The molecule has 0 bridgehead atoms. The van der Waals surface area contributed by atoms with Crippen LogP contribution in [0.4, 0.5) is 0 Å². The third kappa shape index (κ3) is 11.0. The van der Waals surface area contributed by atoms with Gasteiger partial charge in [0.05, 0.1) is 27.1 Å². The first-order chi connectivity index (χ1) is 14.7. The first kappa shape index (κ1) is 26.6. The molecule has 31 heavy (non-hydrogen) atoms. The predicted molar refractivity (Wildman–Crippen MR) is 117 cm³/mol. The molecule has 0 amide bonds. The third-order valence-electron chi connectivity index (χ3n) is 4.47. The molecule has 0 aromatic heterocycles. The van der Waals surface area contributed by atoms with E-state index in [4.69, 9.17) is 13.7 Å². The van der Waals surface area contributed by atoms with E-state index < -0.39 is 28.2 Å². The van der Waals surface area contributed by atoms with Crippen LogP contribution in [-0.2, 0) is 39.8 Å². The molecule has 1 atom stereocenters. The number of benzene rings is 1. The summed E-state index contributed by atoms with van der Waals surface area (Å²) in [5.41, 5.74) is 1.81. The van der Waals surface area contributed by atoms with Crippen LogP contribution in [0.5, 0.6) is 5.75 Å². The van der Waals surface area contributed by atoms with Gasteiger partial charge in [-0.2, -0.15) is 8.42 Å². The number of aryl methyl sites for hydroxylation is 1. The fraction of sp³-hybridized carbons (Fsp3) is 0.545. The summed E-state index contributed by atoms with van der Waals surface area (Å²) in [6, 6.07) is 5.47. The molecule has 8 nitrogen and oxygen atoms in total. The van der Waals surface area contributed by atoms with Crippen molar-refractivity contribution >= 4 is 28.1 Å². The SMILES string of the molecule is CCC(Oc1ccc(CCCCCCOS(C)(=O)=O)c(C=CC(=O)OC)c1)C(=O)OC. The molecule has 0 aliphatic rings. The predicted octanol–water partition coefficient (Wildman–Crippen LogP) is 3.28. The van der Waals surface area contributed by atoms with Gasteiger partial charge in [0, 0.05) is 6.08 Å². The highest BCUT2D eigenvalue weighted by Gasteiger charge is 2.19. The molecule has 0 N–H and O–H groups in total. The largest absolute Gasteiger partial charge is 0.479 e. The Kier molecular flexibility index (Phi) is 11.9. The smallest absolute Gasteiger partial charge is 0.347 e. The summed E-state index contributed by atoms with van der Waals surface area (Å²) < 4.78 is 41.8. The Labute approximate surface area is 184 Å². The normalized spacial score (nSPS) is 12.5. The minimum absolute atomic E-state index is 0.191. The molecule has 1 aromatic rings. The van der Waals surface area contributed by atoms with Crippen LogP contribution >= 0.6 is 0 Å². The summed E-state index contributed by atoms with van der Waals surface area (Å²) in [6.07, 6.45) is 7.87. The average Bonchev–Trinajstić information content (AvgIpc) is 2.74. The first-order valence-corrected chi connectivity index (χ1v) is 12.0. The highest BCUT2D eigenvalue weighted by molar-refractivity contribution is 7.85. The van der Waals surface area contributed by atoms with E-state index >= 15 is 0 Å². The van der Waals surface area contributed by atoms with Gasteiger partial charge >= 0.3 is 11.9 Å². The Morgan fingerprint density at radius 2 is 1.77 bits per heavy atom. The monoisotopic (exact) mass is 456 g/mol. The van der Waals surface area contributed by atoms with Gasteiger partial charge in [0.25, 0.3) is 10.1 Å². The van der Waals surface area contributed by atoms with Gasteiger partial charge in [-0.25, -0.2) is 9.59 Å². The van der Waals surface area contributed by atoms with Gasteiger partial charge in [-0.1, -0.05) is 25.8 Å². The zero-order chi connectivity index (χ0) is 23.3. The van der Waals surface area contributed by atoms with Crippen LogP contribution in [0.15, 0.2) is 24.3 Å². The summed E-state index contributed by atoms with van der Waals surface area (Å²) in [5.74, 6) is -0.411. The Bertz CT molecular complexity index is 845. The molecule has 0 spiro atoms. The van der Waals surface area contributed by atoms with Crippen molar-refractivity contribution in [2.45, 2.75) is 51.6 Å². The quantitative estimate of drug-likeness (QED) is 0.182. The molecule has 0 saturated heterocycles. The van der Waals surface area contributed by atoms with E-state index in [0.717, 1.165) is 43.1 Å². The summed E-state index contributed by atoms with van der Waals surface area (Å²) >= 11 is 0. The first-order valence-electron chi connectivity index (χ1n) is 10.2. The lowest BCUT2D eigenvalue weighted by Gasteiger charge is -2.16. The van der Waals surface area contributed by atoms with Crippen LogP contribution in [0, 0.1) is 0 Å². The maximum absolute atomic E-state index is 11.8. The molecule has 1 rings (SSSR count). The number of rotatable bonds is 14. The number of hydrogen-bond acceptors (Lipinski definition) is 8. The molecule has 0 radical (unpaired) electrons. The Balaban J connectivity index is 2.77. The molecule has 0 aliphatic carbocycles. The van der Waals surface area contributed by atoms with E-state index in [1.165, 1.54) is 20.3 Å². The Hall–Kier alpha value is -2.39. The number of unbranched alkanes of at least 4 members (excludes halogenated alkanes) is 3. The van der Waals surface area contributed by atoms with Crippen LogP contribution in [0.1, 0.15) is 50.2 Å². The topological polar surface area (TPSA) is 105 Å². The maximum Gasteiger partial charge on any atom is 0.347 e. The van der Waals surface area contributed by atoms with Crippen LogP contribution in [-0.4, -0.2) is 53.5 Å². The number of ether oxygens (including phenoxy) is 3. The van der Waals surface area contributed by atoms with Gasteiger partial charge in [-0.15, -0.1) is 0 Å². The molecule has 9 heteroatoms. The van der Waals surface area contributed by atoms with Crippen molar-refractivity contribution in [2.75, 3.05) is 27.1 Å². The third-order valence-corrected chi connectivity index (χ3v) is 5.06. The minimum Gasteiger partial charge on any atom is -0.479 e. The van der Waals surface area contributed by atoms with Crippen molar-refractivity contribution in [3.8, 4) is 5.75 Å². The minimum atomic E-state index is -3.39. The molecule has 0 aliphatic heterocycles. The van der Waals surface area contributed by atoms with E-state index in [-0.39, 0.29) is 6.61 Å². The second kappa shape index (κ2) is 13.8. The highest BCUT2D eigenvalue weighted by Crippen LogP contribution is 2.23. The van der Waals surface area contributed by atoms with Crippen LogP contribution in [0.25, 0.3) is 6.08 Å². The van der Waals surface area contributed by atoms with Gasteiger partial charge in [0.15, 0.2) is 6.10 Å². The van der Waals surface area contributed by atoms with Crippen LogP contribution < -0.4 is 4.74 Å². The number of methoxy groups -OCH3 is 2. The van der Waals surface area contributed by atoms with E-state index in [2.05, 4.69) is 4.74 Å². The number of carbonyl (C=O) groups is 2. The lowest BCUT2D eigenvalue weighted by atomic mass is 10.00. The zero-order valence-electron chi connectivity index (χ0n) is 18.6. The lowest BCUT2D eigenvalue weighted by Crippen LogP contribution is -2.27. The van der Waals surface area contributed by atoms with Gasteiger partial charge in [-0.3, -0.25) is 4.18 Å². The van der Waals surface area contributed by atoms with Crippen molar-refractivity contribution in [2.24, 2.45) is 0 Å². The summed E-state index contributed by atoms with van der Waals surface area (Å²) in [6.45, 7) is 2.02. The van der Waals surface area contributed by atoms with Crippen LogP contribution in [0.3, 0.4) is 0 Å². The highest BCUT2D eigenvalue weighted by atomic mass is 32.2. The van der Waals surface area contributed by atoms with E-state index in [9.17, 15) is 18.0 Å². The molecule has 1 aromatic carbocycles. The summed E-state index contributed by atoms with van der Waals surface area (Å²) in [5, 5.41) is 0. The lowest BCUT2D eigenvalue weighted by molar-refractivity contribution is -0.148. The average molecular weight is 457 g/mol.